The minimum atomic E-state index is 0.302. The van der Waals surface area contributed by atoms with Crippen molar-refractivity contribution in [1.29, 1.82) is 0 Å². The van der Waals surface area contributed by atoms with Gasteiger partial charge in [-0.05, 0) is 42.5 Å². The van der Waals surface area contributed by atoms with E-state index in [0.29, 0.717) is 22.1 Å². The first kappa shape index (κ1) is 13.8. The Bertz CT molecular complexity index is 599. The van der Waals surface area contributed by atoms with Crippen LogP contribution in [0, 0.1) is 0 Å². The Hall–Kier alpha value is -1.59. The van der Waals surface area contributed by atoms with Crippen LogP contribution in [0.15, 0.2) is 46.9 Å². The Morgan fingerprint density at radius 2 is 1.74 bits per heavy atom. The molecule has 19 heavy (non-hydrogen) atoms. The van der Waals surface area contributed by atoms with E-state index in [9.17, 15) is 0 Å². The fourth-order valence-electron chi connectivity index (χ4n) is 1.55. The molecular weight excluding hydrogens is 326 g/mol. The predicted octanol–water partition coefficient (Wildman–Crippen LogP) is 3.88. The third kappa shape index (κ3) is 3.45. The van der Waals surface area contributed by atoms with Crippen molar-refractivity contribution in [3.63, 3.8) is 0 Å². The molecule has 2 aromatic carbocycles. The van der Waals surface area contributed by atoms with Gasteiger partial charge in [0.25, 0.3) is 0 Å². The van der Waals surface area contributed by atoms with Gasteiger partial charge in [-0.1, -0.05) is 28.1 Å². The number of nitrogens with two attached hydrogens (primary N) is 1. The predicted molar refractivity (Wildman–Crippen MR) is 83.1 cm³/mol. The van der Waals surface area contributed by atoms with E-state index in [1.54, 1.807) is 7.11 Å². The van der Waals surface area contributed by atoms with Crippen molar-refractivity contribution in [2.45, 2.75) is 0 Å². The largest absolute Gasteiger partial charge is 0.497 e. The van der Waals surface area contributed by atoms with Crippen molar-refractivity contribution >= 4 is 33.1 Å². The van der Waals surface area contributed by atoms with Crippen molar-refractivity contribution in [3.05, 3.63) is 52.5 Å². The molecule has 0 atom stereocenters. The van der Waals surface area contributed by atoms with Gasteiger partial charge in [0.2, 0.25) is 0 Å². The molecule has 0 aromatic heterocycles. The van der Waals surface area contributed by atoms with Crippen molar-refractivity contribution in [3.8, 4) is 17.2 Å². The maximum atomic E-state index is 5.80. The summed E-state index contributed by atoms with van der Waals surface area (Å²) in [5.74, 6) is 2.08. The lowest BCUT2D eigenvalue weighted by atomic mass is 10.2. The lowest BCUT2D eigenvalue weighted by Gasteiger charge is -2.11. The molecule has 0 heterocycles. The van der Waals surface area contributed by atoms with Gasteiger partial charge in [0.15, 0.2) is 0 Å². The monoisotopic (exact) mass is 337 g/mol. The Balaban J connectivity index is 2.31. The van der Waals surface area contributed by atoms with Gasteiger partial charge in [0.1, 0.15) is 22.2 Å². The van der Waals surface area contributed by atoms with Crippen LogP contribution in [-0.4, -0.2) is 12.1 Å². The highest BCUT2D eigenvalue weighted by atomic mass is 79.9. The van der Waals surface area contributed by atoms with E-state index in [2.05, 4.69) is 15.9 Å². The zero-order chi connectivity index (χ0) is 13.8. The van der Waals surface area contributed by atoms with Crippen LogP contribution < -0.4 is 15.2 Å². The molecule has 0 bridgehead atoms. The number of thiocarbonyl (C=S) groups is 1. The Labute approximate surface area is 125 Å². The number of hydrogen-bond donors (Lipinski definition) is 1. The van der Waals surface area contributed by atoms with Crippen molar-refractivity contribution in [2.75, 3.05) is 7.11 Å². The standard InChI is InChI=1S/C14H12BrNO2S/c1-17-10-3-5-11(6-4-10)18-13-8-9(15)2-7-12(13)14(16)19/h2-8H,1H3,(H2,16,19). The first-order valence-corrected chi connectivity index (χ1v) is 6.71. The minimum Gasteiger partial charge on any atom is -0.497 e. The maximum Gasteiger partial charge on any atom is 0.138 e. The Morgan fingerprint density at radius 1 is 1.11 bits per heavy atom. The van der Waals surface area contributed by atoms with Gasteiger partial charge in [-0.25, -0.2) is 0 Å². The number of halogens is 1. The highest BCUT2D eigenvalue weighted by Gasteiger charge is 2.08. The fraction of sp³-hybridized carbons (Fsp3) is 0.0714. The molecule has 0 saturated carbocycles. The molecule has 0 aliphatic rings. The van der Waals surface area contributed by atoms with Crippen LogP contribution in [0.5, 0.6) is 17.2 Å². The normalized spacial score (nSPS) is 10.0. The van der Waals surface area contributed by atoms with Gasteiger partial charge in [-0.3, -0.25) is 0 Å². The number of hydrogen-bond acceptors (Lipinski definition) is 3. The van der Waals surface area contributed by atoms with Crippen molar-refractivity contribution < 1.29 is 9.47 Å². The summed E-state index contributed by atoms with van der Waals surface area (Å²) in [6, 6.07) is 12.8. The van der Waals surface area contributed by atoms with Crippen molar-refractivity contribution in [1.82, 2.24) is 0 Å². The summed E-state index contributed by atoms with van der Waals surface area (Å²) in [4.78, 5) is 0.302. The van der Waals surface area contributed by atoms with Gasteiger partial charge >= 0.3 is 0 Å². The molecule has 0 unspecified atom stereocenters. The van der Waals surface area contributed by atoms with E-state index in [0.717, 1.165) is 10.2 Å². The topological polar surface area (TPSA) is 44.5 Å². The second-order valence-corrected chi connectivity index (χ2v) is 5.14. The molecule has 2 rings (SSSR count). The Morgan fingerprint density at radius 3 is 2.32 bits per heavy atom. The minimum absolute atomic E-state index is 0.302. The third-order valence-corrected chi connectivity index (χ3v) is 3.21. The summed E-state index contributed by atoms with van der Waals surface area (Å²) in [6.07, 6.45) is 0. The summed E-state index contributed by atoms with van der Waals surface area (Å²) >= 11 is 8.41. The second kappa shape index (κ2) is 6.04. The van der Waals surface area contributed by atoms with Crippen LogP contribution in [0.1, 0.15) is 5.56 Å². The Kier molecular flexibility index (Phi) is 4.39. The van der Waals surface area contributed by atoms with Gasteiger partial charge in [-0.15, -0.1) is 0 Å². The van der Waals surface area contributed by atoms with E-state index in [1.807, 2.05) is 42.5 Å². The number of benzene rings is 2. The summed E-state index contributed by atoms with van der Waals surface area (Å²) in [7, 11) is 1.62. The zero-order valence-electron chi connectivity index (χ0n) is 10.2. The fourth-order valence-corrected chi connectivity index (χ4v) is 2.06. The maximum absolute atomic E-state index is 5.80. The van der Waals surface area contributed by atoms with Crippen LogP contribution in [0.25, 0.3) is 0 Å². The van der Waals surface area contributed by atoms with E-state index in [1.165, 1.54) is 0 Å². The van der Waals surface area contributed by atoms with Crippen LogP contribution in [0.2, 0.25) is 0 Å². The molecule has 0 saturated heterocycles. The molecule has 0 aliphatic carbocycles. The summed E-state index contributed by atoms with van der Waals surface area (Å²) < 4.78 is 11.8. The van der Waals surface area contributed by atoms with Crippen LogP contribution >= 0.6 is 28.1 Å². The second-order valence-electron chi connectivity index (χ2n) is 3.78. The van der Waals surface area contributed by atoms with Gasteiger partial charge in [0.05, 0.1) is 12.7 Å². The quantitative estimate of drug-likeness (QED) is 0.859. The summed E-state index contributed by atoms with van der Waals surface area (Å²) in [5.41, 5.74) is 6.38. The molecule has 0 amide bonds. The highest BCUT2D eigenvalue weighted by Crippen LogP contribution is 2.29. The van der Waals surface area contributed by atoms with E-state index < -0.39 is 0 Å². The molecule has 98 valence electrons. The van der Waals surface area contributed by atoms with E-state index in [4.69, 9.17) is 27.4 Å². The average molecular weight is 338 g/mol. The average Bonchev–Trinajstić information content (AvgIpc) is 2.39. The lowest BCUT2D eigenvalue weighted by Crippen LogP contribution is -2.10. The van der Waals surface area contributed by atoms with Crippen LogP contribution in [0.4, 0.5) is 0 Å². The van der Waals surface area contributed by atoms with Crippen LogP contribution in [0.3, 0.4) is 0 Å². The zero-order valence-corrected chi connectivity index (χ0v) is 12.6. The molecular formula is C14H12BrNO2S. The van der Waals surface area contributed by atoms with Gasteiger partial charge in [0, 0.05) is 4.47 Å². The molecule has 3 nitrogen and oxygen atoms in total. The molecule has 2 aromatic rings. The third-order valence-electron chi connectivity index (χ3n) is 2.50. The number of ether oxygens (including phenoxy) is 2. The molecule has 0 fully saturated rings. The molecule has 0 aliphatic heterocycles. The smallest absolute Gasteiger partial charge is 0.138 e. The van der Waals surface area contributed by atoms with Crippen molar-refractivity contribution in [2.24, 2.45) is 5.73 Å². The molecule has 0 spiro atoms. The summed E-state index contributed by atoms with van der Waals surface area (Å²) in [5, 5.41) is 0. The molecule has 2 N–H and O–H groups in total. The number of methoxy groups -OCH3 is 1. The summed E-state index contributed by atoms with van der Waals surface area (Å²) in [6.45, 7) is 0. The first-order chi connectivity index (χ1) is 9.10. The highest BCUT2D eigenvalue weighted by molar-refractivity contribution is 9.10. The lowest BCUT2D eigenvalue weighted by molar-refractivity contribution is 0.413. The van der Waals surface area contributed by atoms with E-state index >= 15 is 0 Å². The van der Waals surface area contributed by atoms with Gasteiger partial charge < -0.3 is 15.2 Å². The SMILES string of the molecule is COc1ccc(Oc2cc(Br)ccc2C(N)=S)cc1. The van der Waals surface area contributed by atoms with Crippen LogP contribution in [-0.2, 0) is 0 Å². The molecule has 5 heteroatoms. The molecule has 0 radical (unpaired) electrons. The van der Waals surface area contributed by atoms with Gasteiger partial charge in [-0.2, -0.15) is 0 Å². The first-order valence-electron chi connectivity index (χ1n) is 5.51. The van der Waals surface area contributed by atoms with E-state index in [-0.39, 0.29) is 0 Å². The number of rotatable bonds is 4.